The molecule has 62 valence electrons. The van der Waals surface area contributed by atoms with Crippen LogP contribution in [0.2, 0.25) is 0 Å². The molecule has 1 aromatic carbocycles. The van der Waals surface area contributed by atoms with Crippen molar-refractivity contribution in [2.24, 2.45) is 0 Å². The van der Waals surface area contributed by atoms with Gasteiger partial charge in [-0.3, -0.25) is 0 Å². The Balaban J connectivity index is 2.40. The fraction of sp³-hybridized carbons (Fsp3) is 0.200. The Labute approximate surface area is 79.9 Å². The normalized spacial score (nSPS) is 14.3. The molecule has 0 amide bonds. The summed E-state index contributed by atoms with van der Waals surface area (Å²) >= 11 is 3.42. The highest BCUT2D eigenvalue weighted by Gasteiger charge is 2.11. The van der Waals surface area contributed by atoms with Gasteiger partial charge >= 0.3 is 0 Å². The molecule has 0 bridgehead atoms. The summed E-state index contributed by atoms with van der Waals surface area (Å²) in [4.78, 5) is 0. The number of hydrogen-bond acceptors (Lipinski definition) is 1. The van der Waals surface area contributed by atoms with Gasteiger partial charge in [0.15, 0.2) is 0 Å². The summed E-state index contributed by atoms with van der Waals surface area (Å²) in [6.45, 7) is 0.173. The minimum atomic E-state index is 0.173. The van der Waals surface area contributed by atoms with Gasteiger partial charge in [0.05, 0.1) is 6.61 Å². The molecule has 0 spiro atoms. The van der Waals surface area contributed by atoms with Gasteiger partial charge in [-0.05, 0) is 35.3 Å². The lowest BCUT2D eigenvalue weighted by Gasteiger charge is -1.98. The van der Waals surface area contributed by atoms with E-state index in [2.05, 4.69) is 34.1 Å². The van der Waals surface area contributed by atoms with Crippen LogP contribution in [0.4, 0.5) is 0 Å². The molecule has 0 aromatic heterocycles. The molecule has 0 radical (unpaired) electrons. The van der Waals surface area contributed by atoms with E-state index < -0.39 is 0 Å². The van der Waals surface area contributed by atoms with Crippen molar-refractivity contribution in [2.45, 2.75) is 6.42 Å². The van der Waals surface area contributed by atoms with Crippen molar-refractivity contribution in [1.82, 2.24) is 0 Å². The highest BCUT2D eigenvalue weighted by atomic mass is 79.9. The van der Waals surface area contributed by atoms with Gasteiger partial charge in [0, 0.05) is 4.47 Å². The fourth-order valence-corrected chi connectivity index (χ4v) is 1.89. The molecule has 1 N–H and O–H groups in total. The number of aliphatic hydroxyl groups is 1. The third kappa shape index (κ3) is 1.32. The minimum absolute atomic E-state index is 0.173. The molecule has 0 fully saturated rings. The van der Waals surface area contributed by atoms with Crippen molar-refractivity contribution >= 4 is 22.0 Å². The summed E-state index contributed by atoms with van der Waals surface area (Å²) in [5.41, 5.74) is 3.64. The van der Waals surface area contributed by atoms with E-state index in [1.165, 1.54) is 11.1 Å². The number of rotatable bonds is 1. The lowest BCUT2D eigenvalue weighted by molar-refractivity contribution is 0.330. The average Bonchev–Trinajstić information content (AvgIpc) is 2.46. The number of hydrogen-bond donors (Lipinski definition) is 1. The molecule has 0 saturated heterocycles. The predicted molar refractivity (Wildman–Crippen MR) is 52.9 cm³/mol. The van der Waals surface area contributed by atoms with Crippen LogP contribution in [0.1, 0.15) is 11.1 Å². The van der Waals surface area contributed by atoms with Crippen molar-refractivity contribution < 1.29 is 5.11 Å². The first-order valence-electron chi connectivity index (χ1n) is 3.88. The Hall–Kier alpha value is -0.600. The van der Waals surface area contributed by atoms with Crippen molar-refractivity contribution in [2.75, 3.05) is 6.61 Å². The summed E-state index contributed by atoms with van der Waals surface area (Å²) in [6, 6.07) is 6.20. The van der Waals surface area contributed by atoms with E-state index in [9.17, 15) is 0 Å². The number of benzene rings is 1. The maximum absolute atomic E-state index is 8.93. The zero-order valence-corrected chi connectivity index (χ0v) is 8.13. The maximum atomic E-state index is 8.93. The first-order valence-corrected chi connectivity index (χ1v) is 4.67. The molecule has 0 unspecified atom stereocenters. The minimum Gasteiger partial charge on any atom is -0.392 e. The molecule has 2 rings (SSSR count). The largest absolute Gasteiger partial charge is 0.392 e. The molecule has 2 heteroatoms. The summed E-state index contributed by atoms with van der Waals surface area (Å²) in [5, 5.41) is 8.93. The standard InChI is InChI=1S/C10H9BrO/c11-10-2-1-8-3-7(6-12)4-9(8)5-10/h1-3,5,12H,4,6H2. The van der Waals surface area contributed by atoms with Crippen molar-refractivity contribution in [3.63, 3.8) is 0 Å². The summed E-state index contributed by atoms with van der Waals surface area (Å²) in [5.74, 6) is 0. The van der Waals surface area contributed by atoms with Gasteiger partial charge in [0.1, 0.15) is 0 Å². The molecule has 1 aromatic rings. The van der Waals surface area contributed by atoms with Crippen LogP contribution in [0.15, 0.2) is 28.2 Å². The van der Waals surface area contributed by atoms with E-state index in [1.807, 2.05) is 6.07 Å². The molecule has 1 nitrogen and oxygen atoms in total. The number of aliphatic hydroxyl groups excluding tert-OH is 1. The van der Waals surface area contributed by atoms with E-state index in [-0.39, 0.29) is 6.61 Å². The lowest BCUT2D eigenvalue weighted by Crippen LogP contribution is -1.89. The summed E-state index contributed by atoms with van der Waals surface area (Å²) < 4.78 is 1.11. The first kappa shape index (κ1) is 8.02. The van der Waals surface area contributed by atoms with Gasteiger partial charge in [-0.2, -0.15) is 0 Å². The molecule has 0 saturated carbocycles. The second-order valence-corrected chi connectivity index (χ2v) is 3.90. The van der Waals surface area contributed by atoms with Gasteiger partial charge in [0.2, 0.25) is 0 Å². The van der Waals surface area contributed by atoms with Gasteiger partial charge in [0.25, 0.3) is 0 Å². The lowest BCUT2D eigenvalue weighted by atomic mass is 10.1. The molecule has 1 aliphatic rings. The molecule has 0 aliphatic heterocycles. The quantitative estimate of drug-likeness (QED) is 0.777. The van der Waals surface area contributed by atoms with E-state index in [0.717, 1.165) is 16.5 Å². The van der Waals surface area contributed by atoms with Crippen LogP contribution in [-0.4, -0.2) is 11.7 Å². The van der Waals surface area contributed by atoms with Crippen LogP contribution in [-0.2, 0) is 6.42 Å². The van der Waals surface area contributed by atoms with Gasteiger partial charge in [-0.1, -0.05) is 28.1 Å². The molecular weight excluding hydrogens is 216 g/mol. The van der Waals surface area contributed by atoms with Gasteiger partial charge in [-0.15, -0.1) is 0 Å². The second-order valence-electron chi connectivity index (χ2n) is 2.98. The third-order valence-electron chi connectivity index (χ3n) is 2.09. The Morgan fingerprint density at radius 1 is 1.42 bits per heavy atom. The summed E-state index contributed by atoms with van der Waals surface area (Å²) in [7, 11) is 0. The van der Waals surface area contributed by atoms with Crippen LogP contribution in [0.3, 0.4) is 0 Å². The zero-order chi connectivity index (χ0) is 8.55. The SMILES string of the molecule is OCC1=Cc2ccc(Br)cc2C1. The smallest absolute Gasteiger partial charge is 0.0648 e. The number of fused-ring (bicyclic) bond motifs is 1. The van der Waals surface area contributed by atoms with E-state index in [4.69, 9.17) is 5.11 Å². The zero-order valence-electron chi connectivity index (χ0n) is 6.55. The number of halogens is 1. The Bertz CT molecular complexity index is 342. The van der Waals surface area contributed by atoms with Gasteiger partial charge in [-0.25, -0.2) is 0 Å². The van der Waals surface area contributed by atoms with Crippen molar-refractivity contribution in [3.8, 4) is 0 Å². The Morgan fingerprint density at radius 2 is 2.25 bits per heavy atom. The fourth-order valence-electron chi connectivity index (χ4n) is 1.49. The van der Waals surface area contributed by atoms with Crippen LogP contribution >= 0.6 is 15.9 Å². The molecule has 0 heterocycles. The maximum Gasteiger partial charge on any atom is 0.0648 e. The average molecular weight is 225 g/mol. The predicted octanol–water partition coefficient (Wildman–Crippen LogP) is 2.38. The highest BCUT2D eigenvalue weighted by Crippen LogP contribution is 2.27. The van der Waals surface area contributed by atoms with E-state index in [0.29, 0.717) is 0 Å². The molecule has 1 aliphatic carbocycles. The first-order chi connectivity index (χ1) is 5.79. The second kappa shape index (κ2) is 3.04. The Kier molecular flexibility index (Phi) is 2.03. The third-order valence-corrected chi connectivity index (χ3v) is 2.58. The molecule has 0 atom stereocenters. The molecular formula is C10H9BrO. The van der Waals surface area contributed by atoms with E-state index in [1.54, 1.807) is 0 Å². The van der Waals surface area contributed by atoms with Crippen LogP contribution in [0, 0.1) is 0 Å². The molecule has 12 heavy (non-hydrogen) atoms. The Morgan fingerprint density at radius 3 is 3.00 bits per heavy atom. The highest BCUT2D eigenvalue weighted by molar-refractivity contribution is 9.10. The van der Waals surface area contributed by atoms with Crippen LogP contribution < -0.4 is 0 Å². The summed E-state index contributed by atoms with van der Waals surface area (Å²) in [6.07, 6.45) is 2.95. The van der Waals surface area contributed by atoms with Crippen LogP contribution in [0.5, 0.6) is 0 Å². The monoisotopic (exact) mass is 224 g/mol. The van der Waals surface area contributed by atoms with Crippen molar-refractivity contribution in [1.29, 1.82) is 0 Å². The topological polar surface area (TPSA) is 20.2 Å². The van der Waals surface area contributed by atoms with Gasteiger partial charge < -0.3 is 5.11 Å². The van der Waals surface area contributed by atoms with Crippen LogP contribution in [0.25, 0.3) is 6.08 Å². The van der Waals surface area contributed by atoms with E-state index >= 15 is 0 Å². The van der Waals surface area contributed by atoms with Crippen molar-refractivity contribution in [3.05, 3.63) is 39.4 Å².